The second kappa shape index (κ2) is 9.36. The Morgan fingerprint density at radius 1 is 1.12 bits per heavy atom. The van der Waals surface area contributed by atoms with Gasteiger partial charge in [-0.2, -0.15) is 0 Å². The van der Waals surface area contributed by atoms with Gasteiger partial charge in [0.1, 0.15) is 11.0 Å². The predicted molar refractivity (Wildman–Crippen MR) is 127 cm³/mol. The molecule has 1 aromatic carbocycles. The molecular weight excluding hydrogens is 456 g/mol. The number of aromatic nitrogens is 1. The molecule has 4 heterocycles. The van der Waals surface area contributed by atoms with Gasteiger partial charge in [-0.05, 0) is 36.3 Å². The molecule has 9 heteroatoms. The van der Waals surface area contributed by atoms with Crippen molar-refractivity contribution in [2.24, 2.45) is 0 Å². The van der Waals surface area contributed by atoms with Gasteiger partial charge in [-0.3, -0.25) is 19.7 Å². The minimum absolute atomic E-state index is 0.147. The van der Waals surface area contributed by atoms with E-state index in [9.17, 15) is 14.4 Å². The number of nitrogens with one attached hydrogen (secondary N) is 1. The summed E-state index contributed by atoms with van der Waals surface area (Å²) in [4.78, 5) is 46.2. The molecule has 1 aromatic heterocycles. The van der Waals surface area contributed by atoms with Crippen molar-refractivity contribution in [2.75, 3.05) is 0 Å². The van der Waals surface area contributed by atoms with Crippen molar-refractivity contribution in [2.45, 2.75) is 42.6 Å². The Kier molecular flexibility index (Phi) is 6.15. The molecule has 1 saturated heterocycles. The lowest BCUT2D eigenvalue weighted by Crippen LogP contribution is -2.52. The lowest BCUT2D eigenvalue weighted by molar-refractivity contribution is -0.136. The maximum Gasteiger partial charge on any atom is 0.255 e. The molecule has 2 aromatic rings. The zero-order valence-electron chi connectivity index (χ0n) is 17.8. The van der Waals surface area contributed by atoms with E-state index in [2.05, 4.69) is 15.6 Å². The highest BCUT2D eigenvalue weighted by Gasteiger charge is 2.39. The van der Waals surface area contributed by atoms with Crippen LogP contribution in [0.15, 0.2) is 65.2 Å². The summed E-state index contributed by atoms with van der Waals surface area (Å²) in [5.74, 6) is -0.112. The molecule has 7 nitrogen and oxygen atoms in total. The summed E-state index contributed by atoms with van der Waals surface area (Å²) >= 11 is 3.29. The smallest absolute Gasteiger partial charge is 0.255 e. The second-order valence-electron chi connectivity index (χ2n) is 7.94. The monoisotopic (exact) mass is 478 g/mol. The quantitative estimate of drug-likeness (QED) is 0.505. The van der Waals surface area contributed by atoms with Crippen molar-refractivity contribution in [3.8, 4) is 0 Å². The first kappa shape index (κ1) is 21.7. The van der Waals surface area contributed by atoms with Gasteiger partial charge < -0.3 is 9.80 Å². The molecule has 0 radical (unpaired) electrons. The normalized spacial score (nSPS) is 19.8. The van der Waals surface area contributed by atoms with Crippen LogP contribution in [-0.4, -0.2) is 38.5 Å². The van der Waals surface area contributed by atoms with E-state index >= 15 is 0 Å². The summed E-state index contributed by atoms with van der Waals surface area (Å²) < 4.78 is 0. The minimum Gasteiger partial charge on any atom is -0.347 e. The molecule has 5 rings (SSSR count). The molecule has 1 fully saturated rings. The van der Waals surface area contributed by atoms with Gasteiger partial charge in [0.05, 0.1) is 12.2 Å². The predicted octanol–water partition coefficient (Wildman–Crippen LogP) is 3.60. The van der Waals surface area contributed by atoms with Crippen LogP contribution >= 0.6 is 23.1 Å². The van der Waals surface area contributed by atoms with Gasteiger partial charge in [0.25, 0.3) is 5.91 Å². The van der Waals surface area contributed by atoms with Crippen molar-refractivity contribution in [1.82, 2.24) is 20.1 Å². The highest BCUT2D eigenvalue weighted by molar-refractivity contribution is 7.98. The number of hydrogen-bond acceptors (Lipinski definition) is 7. The zero-order valence-corrected chi connectivity index (χ0v) is 19.4. The lowest BCUT2D eigenvalue weighted by atomic mass is 10.0. The van der Waals surface area contributed by atoms with Crippen LogP contribution in [0, 0.1) is 0 Å². The number of thioether (sulfide) groups is 1. The van der Waals surface area contributed by atoms with Gasteiger partial charge >= 0.3 is 0 Å². The van der Waals surface area contributed by atoms with E-state index < -0.39 is 6.04 Å². The third-order valence-electron chi connectivity index (χ3n) is 5.72. The summed E-state index contributed by atoms with van der Waals surface area (Å²) in [7, 11) is 0. The Labute approximate surface area is 199 Å². The fourth-order valence-corrected chi connectivity index (χ4v) is 5.97. The molecule has 3 aliphatic rings. The number of allylic oxidation sites excluding steroid dienone is 4. The summed E-state index contributed by atoms with van der Waals surface area (Å²) in [6.07, 6.45) is 12.6. The average Bonchev–Trinajstić information content (AvgIpc) is 3.28. The largest absolute Gasteiger partial charge is 0.347 e. The van der Waals surface area contributed by atoms with Crippen LogP contribution < -0.4 is 5.32 Å². The molecule has 0 aliphatic carbocycles. The molecular formula is C24H22N4O3S2. The Morgan fingerprint density at radius 2 is 1.94 bits per heavy atom. The number of carbonyl (C=O) groups is 3. The van der Waals surface area contributed by atoms with Gasteiger partial charge in [0, 0.05) is 47.0 Å². The maximum absolute atomic E-state index is 13.0. The molecule has 1 N–H and O–H groups in total. The molecule has 3 amide bonds. The first-order chi connectivity index (χ1) is 16.1. The lowest BCUT2D eigenvalue weighted by Gasteiger charge is -2.29. The van der Waals surface area contributed by atoms with Gasteiger partial charge in [-0.15, -0.1) is 23.1 Å². The number of benzene rings is 1. The van der Waals surface area contributed by atoms with E-state index in [4.69, 9.17) is 4.98 Å². The van der Waals surface area contributed by atoms with E-state index in [0.29, 0.717) is 24.3 Å². The molecule has 0 saturated carbocycles. The van der Waals surface area contributed by atoms with Crippen LogP contribution in [0.2, 0.25) is 0 Å². The number of fused-ring (bicyclic) bond motifs is 1. The molecule has 1 atom stereocenters. The Hall–Kier alpha value is -3.17. The summed E-state index contributed by atoms with van der Waals surface area (Å²) in [6.45, 7) is 1.10. The molecule has 33 heavy (non-hydrogen) atoms. The Balaban J connectivity index is 1.25. The Bertz CT molecular complexity index is 1180. The number of hydrogen-bond donors (Lipinski definition) is 1. The highest BCUT2D eigenvalue weighted by Crippen LogP contribution is 2.35. The number of nitrogens with zero attached hydrogens (tertiary/aromatic N) is 3. The van der Waals surface area contributed by atoms with E-state index in [-0.39, 0.29) is 24.1 Å². The number of carbonyl (C=O) groups excluding carboxylic acids is 3. The van der Waals surface area contributed by atoms with Crippen LogP contribution in [0.5, 0.6) is 0 Å². The first-order valence-corrected chi connectivity index (χ1v) is 12.5. The summed E-state index contributed by atoms with van der Waals surface area (Å²) in [5.41, 5.74) is 2.59. The van der Waals surface area contributed by atoms with Gasteiger partial charge in [0.2, 0.25) is 11.8 Å². The van der Waals surface area contributed by atoms with Crippen molar-refractivity contribution in [3.63, 3.8) is 0 Å². The highest BCUT2D eigenvalue weighted by atomic mass is 32.2. The van der Waals surface area contributed by atoms with E-state index in [0.717, 1.165) is 27.7 Å². The van der Waals surface area contributed by atoms with Crippen LogP contribution in [0.4, 0.5) is 0 Å². The summed E-state index contributed by atoms with van der Waals surface area (Å²) in [6, 6.07) is 5.11. The van der Waals surface area contributed by atoms with Crippen LogP contribution in [0.25, 0.3) is 0 Å². The molecule has 168 valence electrons. The van der Waals surface area contributed by atoms with Crippen LogP contribution in [0.3, 0.4) is 0 Å². The van der Waals surface area contributed by atoms with Crippen LogP contribution in [0.1, 0.15) is 39.5 Å². The van der Waals surface area contributed by atoms with Gasteiger partial charge in [-0.1, -0.05) is 18.2 Å². The second-order valence-corrected chi connectivity index (χ2v) is 9.90. The fraction of sp³-hybridized carbons (Fsp3) is 0.250. The van der Waals surface area contributed by atoms with E-state index in [1.807, 2.05) is 54.9 Å². The van der Waals surface area contributed by atoms with Crippen molar-refractivity contribution < 1.29 is 14.4 Å². The Morgan fingerprint density at radius 3 is 2.73 bits per heavy atom. The van der Waals surface area contributed by atoms with Gasteiger partial charge in [-0.25, -0.2) is 4.98 Å². The third-order valence-corrected chi connectivity index (χ3v) is 7.74. The minimum atomic E-state index is -0.598. The van der Waals surface area contributed by atoms with Gasteiger partial charge in [0.15, 0.2) is 0 Å². The SMILES string of the molecule is O=C1CCC(N2Cc3c(SCc4csc(CN5C=CC=CC=C5)n4)cccc3C2=O)C(=O)N1. The topological polar surface area (TPSA) is 82.6 Å². The van der Waals surface area contributed by atoms with Crippen molar-refractivity contribution in [3.05, 3.63) is 82.1 Å². The summed E-state index contributed by atoms with van der Waals surface area (Å²) in [5, 5.41) is 5.47. The molecule has 1 unspecified atom stereocenters. The van der Waals surface area contributed by atoms with Crippen LogP contribution in [-0.2, 0) is 28.4 Å². The number of imide groups is 1. The maximum atomic E-state index is 13.0. The van der Waals surface area contributed by atoms with Crippen molar-refractivity contribution in [1.29, 1.82) is 0 Å². The average molecular weight is 479 g/mol. The third kappa shape index (κ3) is 4.65. The van der Waals surface area contributed by atoms with E-state index in [1.54, 1.807) is 28.0 Å². The number of thiazole rings is 1. The van der Waals surface area contributed by atoms with Crippen molar-refractivity contribution >= 4 is 40.8 Å². The number of piperidine rings is 1. The first-order valence-electron chi connectivity index (χ1n) is 10.7. The number of amides is 3. The fourth-order valence-electron chi connectivity index (χ4n) is 4.09. The zero-order chi connectivity index (χ0) is 22.8. The molecule has 0 spiro atoms. The molecule has 0 bridgehead atoms. The van der Waals surface area contributed by atoms with E-state index in [1.165, 1.54) is 0 Å². The number of rotatable bonds is 6. The molecule has 3 aliphatic heterocycles. The standard InChI is InChI=1S/C24H22N4O3S2/c29-21-9-8-19(23(30)26-21)28-12-18-17(24(28)31)6-5-7-20(18)32-14-16-15-33-22(25-16)13-27-10-3-1-2-4-11-27/h1-7,10-11,15,19H,8-9,12-14H2,(H,26,29,30).